The van der Waals surface area contributed by atoms with Gasteiger partial charge in [0.05, 0.1) is 7.11 Å². The molecule has 4 rings (SSSR count). The Hall–Kier alpha value is -2.55. The first-order valence-electron chi connectivity index (χ1n) is 8.86. The van der Waals surface area contributed by atoms with E-state index >= 15 is 0 Å². The number of rotatable bonds is 4. The van der Waals surface area contributed by atoms with Crippen LogP contribution in [0.25, 0.3) is 27.7 Å². The van der Waals surface area contributed by atoms with E-state index in [1.165, 1.54) is 16.4 Å². The Morgan fingerprint density at radius 2 is 2.14 bits per heavy atom. The molecular formula is C20H19FN3O3S-. The summed E-state index contributed by atoms with van der Waals surface area (Å²) in [5.74, 6) is 0.238. The largest absolute Gasteiger partial charge is 0.760 e. The van der Waals surface area contributed by atoms with Crippen molar-refractivity contribution in [2.75, 3.05) is 13.7 Å². The molecule has 0 spiro atoms. The molecule has 0 radical (unpaired) electrons. The summed E-state index contributed by atoms with van der Waals surface area (Å²) < 4.78 is 43.2. The fourth-order valence-corrected chi connectivity index (χ4v) is 4.22. The summed E-state index contributed by atoms with van der Waals surface area (Å²) in [5, 5.41) is 0.852. The third-order valence-electron chi connectivity index (χ3n) is 5.02. The van der Waals surface area contributed by atoms with E-state index in [0.29, 0.717) is 29.9 Å². The van der Waals surface area contributed by atoms with Gasteiger partial charge in [0, 0.05) is 46.7 Å². The van der Waals surface area contributed by atoms with Crippen molar-refractivity contribution in [3.8, 4) is 16.9 Å². The lowest BCUT2D eigenvalue weighted by atomic mass is 10.00. The number of ether oxygens (including phenoxy) is 1. The molecule has 1 aliphatic heterocycles. The molecule has 0 amide bonds. The van der Waals surface area contributed by atoms with E-state index in [1.54, 1.807) is 19.4 Å². The maximum atomic E-state index is 13.9. The summed E-state index contributed by atoms with van der Waals surface area (Å²) in [5.41, 5.74) is 4.06. The Labute approximate surface area is 164 Å². The highest BCUT2D eigenvalue weighted by molar-refractivity contribution is 7.76. The van der Waals surface area contributed by atoms with Crippen LogP contribution in [0.3, 0.4) is 0 Å². The number of aromatic nitrogens is 2. The van der Waals surface area contributed by atoms with Gasteiger partial charge < -0.3 is 14.3 Å². The van der Waals surface area contributed by atoms with Crippen molar-refractivity contribution in [1.29, 1.82) is 0 Å². The van der Waals surface area contributed by atoms with E-state index in [1.807, 2.05) is 25.1 Å². The normalized spacial score (nSPS) is 18.9. The Balaban J connectivity index is 1.80. The minimum Gasteiger partial charge on any atom is -0.760 e. The highest BCUT2D eigenvalue weighted by atomic mass is 32.2. The number of H-pyrrole nitrogens is 1. The van der Waals surface area contributed by atoms with E-state index in [4.69, 9.17) is 4.74 Å². The van der Waals surface area contributed by atoms with Crippen molar-refractivity contribution < 1.29 is 17.9 Å². The molecule has 2 aromatic heterocycles. The molecule has 28 heavy (non-hydrogen) atoms. The predicted molar refractivity (Wildman–Crippen MR) is 106 cm³/mol. The summed E-state index contributed by atoms with van der Waals surface area (Å²) >= 11 is -2.24. The van der Waals surface area contributed by atoms with Gasteiger partial charge in [0.2, 0.25) is 0 Å². The Bertz CT molecular complexity index is 1100. The van der Waals surface area contributed by atoms with Gasteiger partial charge >= 0.3 is 0 Å². The van der Waals surface area contributed by atoms with Gasteiger partial charge in [0.1, 0.15) is 17.2 Å². The molecule has 0 fully saturated rings. The molecule has 0 saturated heterocycles. The third kappa shape index (κ3) is 3.34. The summed E-state index contributed by atoms with van der Waals surface area (Å²) in [4.78, 5) is 7.70. The van der Waals surface area contributed by atoms with E-state index in [0.717, 1.165) is 22.2 Å². The number of benzene rings is 1. The zero-order valence-electron chi connectivity index (χ0n) is 15.4. The maximum absolute atomic E-state index is 13.9. The average molecular weight is 400 g/mol. The molecular weight excluding hydrogens is 381 g/mol. The van der Waals surface area contributed by atoms with E-state index in [9.17, 15) is 13.2 Å². The lowest BCUT2D eigenvalue weighted by Gasteiger charge is -2.32. The molecule has 2 atom stereocenters. The van der Waals surface area contributed by atoms with Crippen molar-refractivity contribution >= 4 is 27.9 Å². The van der Waals surface area contributed by atoms with Gasteiger partial charge in [-0.1, -0.05) is 6.08 Å². The molecule has 1 unspecified atom stereocenters. The van der Waals surface area contributed by atoms with Gasteiger partial charge in [-0.3, -0.25) is 4.21 Å². The maximum Gasteiger partial charge on any atom is 0.138 e. The van der Waals surface area contributed by atoms with E-state index < -0.39 is 11.3 Å². The zero-order valence-corrected chi connectivity index (χ0v) is 16.3. The van der Waals surface area contributed by atoms with Crippen LogP contribution in [0.4, 0.5) is 4.39 Å². The lowest BCUT2D eigenvalue weighted by molar-refractivity contribution is 0.356. The fourth-order valence-electron chi connectivity index (χ4n) is 3.65. The second kappa shape index (κ2) is 7.46. The molecule has 6 nitrogen and oxygen atoms in total. The summed E-state index contributed by atoms with van der Waals surface area (Å²) in [7, 11) is 1.55. The second-order valence-electron chi connectivity index (χ2n) is 6.69. The lowest BCUT2D eigenvalue weighted by Crippen LogP contribution is -2.37. The molecule has 1 N–H and O–H groups in total. The van der Waals surface area contributed by atoms with Crippen molar-refractivity contribution in [3.63, 3.8) is 0 Å². The summed E-state index contributed by atoms with van der Waals surface area (Å²) in [6, 6.07) is 8.01. The molecule has 3 heterocycles. The molecule has 3 aromatic rings. The molecule has 146 valence electrons. The number of halogens is 1. The Kier molecular flexibility index (Phi) is 5.01. The summed E-state index contributed by atoms with van der Waals surface area (Å²) in [6.45, 7) is 2.27. The SMILES string of the molecule is COc1ccc(F)cc1-c1ccnc2[nH]c(C3=C[C@H](C)N(S(=O)[O-])CC3)cc12. The number of nitrogens with one attached hydrogen (secondary N) is 1. The number of hydrogen-bond acceptors (Lipinski definition) is 4. The van der Waals surface area contributed by atoms with Crippen LogP contribution in [0.2, 0.25) is 0 Å². The van der Waals surface area contributed by atoms with Crippen molar-refractivity contribution in [3.05, 3.63) is 54.1 Å². The number of aromatic amines is 1. The first kappa shape index (κ1) is 18.8. The minimum atomic E-state index is -2.24. The standard InChI is InChI=1S/C20H20FN3O3S/c1-12-9-13(6-8-24(12)28(25)26)18-11-17-15(5-7-22-20(17)23-18)16-10-14(21)3-4-19(16)27-2/h3-5,7,9-12H,6,8H2,1-2H3,(H,22,23)(H,25,26)/p-1/t12-/m0/s1. The molecule has 0 bridgehead atoms. The smallest absolute Gasteiger partial charge is 0.138 e. The van der Waals surface area contributed by atoms with Crippen LogP contribution in [-0.4, -0.2) is 42.7 Å². The number of pyridine rings is 1. The van der Waals surface area contributed by atoms with Crippen molar-refractivity contribution in [2.24, 2.45) is 0 Å². The molecule has 0 saturated carbocycles. The predicted octanol–water partition coefficient (Wildman–Crippen LogP) is 3.65. The van der Waals surface area contributed by atoms with E-state index in [2.05, 4.69) is 9.97 Å². The highest BCUT2D eigenvalue weighted by Gasteiger charge is 2.21. The molecule has 1 aliphatic rings. The first-order valence-corrected chi connectivity index (χ1v) is 9.90. The zero-order chi connectivity index (χ0) is 19.8. The summed E-state index contributed by atoms with van der Waals surface area (Å²) in [6.07, 6.45) is 4.21. The second-order valence-corrected chi connectivity index (χ2v) is 7.59. The third-order valence-corrected chi connectivity index (χ3v) is 5.92. The van der Waals surface area contributed by atoms with Gasteiger partial charge in [-0.15, -0.1) is 0 Å². The van der Waals surface area contributed by atoms with Gasteiger partial charge in [-0.2, -0.15) is 0 Å². The van der Waals surface area contributed by atoms with Crippen LogP contribution in [-0.2, 0) is 11.3 Å². The topological polar surface area (TPSA) is 81.3 Å². The Morgan fingerprint density at radius 1 is 1.32 bits per heavy atom. The average Bonchev–Trinajstić information content (AvgIpc) is 3.12. The van der Waals surface area contributed by atoms with Crippen LogP contribution < -0.4 is 4.74 Å². The van der Waals surface area contributed by atoms with E-state index in [-0.39, 0.29) is 11.9 Å². The first-order chi connectivity index (χ1) is 13.5. The number of fused-ring (bicyclic) bond motifs is 1. The van der Waals surface area contributed by atoms with Gasteiger partial charge in [0.25, 0.3) is 0 Å². The quantitative estimate of drug-likeness (QED) is 0.678. The monoisotopic (exact) mass is 400 g/mol. The molecule has 8 heteroatoms. The number of hydrogen-bond donors (Lipinski definition) is 1. The van der Waals surface area contributed by atoms with Gasteiger partial charge in [-0.25, -0.2) is 13.7 Å². The van der Waals surface area contributed by atoms with Crippen molar-refractivity contribution in [2.45, 2.75) is 19.4 Å². The van der Waals surface area contributed by atoms with Crippen LogP contribution in [0.5, 0.6) is 5.75 Å². The van der Waals surface area contributed by atoms with Crippen LogP contribution >= 0.6 is 0 Å². The Morgan fingerprint density at radius 3 is 2.86 bits per heavy atom. The minimum absolute atomic E-state index is 0.218. The highest BCUT2D eigenvalue weighted by Crippen LogP contribution is 2.36. The number of methoxy groups -OCH3 is 1. The van der Waals surface area contributed by atoms with Gasteiger partial charge in [0.15, 0.2) is 0 Å². The van der Waals surface area contributed by atoms with Crippen molar-refractivity contribution in [1.82, 2.24) is 14.3 Å². The van der Waals surface area contributed by atoms with Crippen LogP contribution in [0.15, 0.2) is 42.6 Å². The van der Waals surface area contributed by atoms with Crippen LogP contribution in [0, 0.1) is 5.82 Å². The number of nitrogens with zero attached hydrogens (tertiary/aromatic N) is 2. The molecule has 1 aromatic carbocycles. The fraction of sp³-hybridized carbons (Fsp3) is 0.250. The van der Waals surface area contributed by atoms with Gasteiger partial charge in [-0.05, 0) is 54.8 Å². The van der Waals surface area contributed by atoms with Crippen LogP contribution in [0.1, 0.15) is 19.0 Å². The molecule has 0 aliphatic carbocycles.